The lowest BCUT2D eigenvalue weighted by molar-refractivity contribution is -0.0228. The number of aryl methyl sites for hydroxylation is 1. The van der Waals surface area contributed by atoms with E-state index in [9.17, 15) is 0 Å². The van der Waals surface area contributed by atoms with Crippen molar-refractivity contribution in [1.29, 1.82) is 0 Å². The third-order valence-corrected chi connectivity index (χ3v) is 3.30. The fourth-order valence-corrected chi connectivity index (χ4v) is 2.19. The highest BCUT2D eigenvalue weighted by Crippen LogP contribution is 2.23. The lowest BCUT2D eigenvalue weighted by atomic mass is 10.00. The minimum Gasteiger partial charge on any atom is -0.370 e. The Kier molecular flexibility index (Phi) is 3.85. The third kappa shape index (κ3) is 3.30. The molecule has 94 valence electrons. The molecule has 1 aliphatic rings. The first kappa shape index (κ1) is 12.6. The van der Waals surface area contributed by atoms with Crippen molar-refractivity contribution in [3.63, 3.8) is 0 Å². The summed E-state index contributed by atoms with van der Waals surface area (Å²) in [5.74, 6) is 0. The Labute approximate surface area is 104 Å². The largest absolute Gasteiger partial charge is 0.370 e. The van der Waals surface area contributed by atoms with Crippen LogP contribution in [0.15, 0.2) is 24.3 Å². The maximum atomic E-state index is 5.92. The molecule has 0 spiro atoms. The van der Waals surface area contributed by atoms with Crippen LogP contribution in [-0.2, 0) is 11.2 Å². The molecule has 1 heterocycles. The monoisotopic (exact) mass is 233 g/mol. The number of hydrogen-bond acceptors (Lipinski definition) is 2. The predicted molar refractivity (Wildman–Crippen MR) is 71.2 cm³/mol. The Balaban J connectivity index is 1.99. The molecule has 1 aliphatic heterocycles. The molecule has 1 unspecified atom stereocenters. The Morgan fingerprint density at radius 2 is 2.00 bits per heavy atom. The summed E-state index contributed by atoms with van der Waals surface area (Å²) in [5.41, 5.74) is 2.81. The quantitative estimate of drug-likeness (QED) is 0.866. The van der Waals surface area contributed by atoms with E-state index in [0.717, 1.165) is 19.6 Å². The van der Waals surface area contributed by atoms with Gasteiger partial charge in [0.25, 0.3) is 0 Å². The van der Waals surface area contributed by atoms with Crippen LogP contribution in [0, 0.1) is 0 Å². The first-order chi connectivity index (χ1) is 8.11. The fraction of sp³-hybridized carbons (Fsp3) is 0.600. The van der Waals surface area contributed by atoms with E-state index in [4.69, 9.17) is 4.74 Å². The summed E-state index contributed by atoms with van der Waals surface area (Å²) in [5, 5.41) is 3.52. The zero-order chi connectivity index (χ0) is 12.3. The van der Waals surface area contributed by atoms with Gasteiger partial charge in [-0.2, -0.15) is 0 Å². The second-order valence-corrected chi connectivity index (χ2v) is 5.56. The lowest BCUT2D eigenvalue weighted by Crippen LogP contribution is -2.50. The predicted octanol–water partition coefficient (Wildman–Crippen LogP) is 3.08. The number of ether oxygens (including phenoxy) is 1. The topological polar surface area (TPSA) is 21.3 Å². The van der Waals surface area contributed by atoms with Crippen LogP contribution >= 0.6 is 0 Å². The van der Waals surface area contributed by atoms with Gasteiger partial charge in [-0.3, -0.25) is 0 Å². The summed E-state index contributed by atoms with van der Waals surface area (Å²) in [6.45, 7) is 8.24. The van der Waals surface area contributed by atoms with Crippen molar-refractivity contribution >= 4 is 0 Å². The molecule has 2 nitrogen and oxygen atoms in total. The summed E-state index contributed by atoms with van der Waals surface area (Å²) in [4.78, 5) is 0. The molecule has 0 saturated carbocycles. The van der Waals surface area contributed by atoms with Gasteiger partial charge in [-0.05, 0) is 31.4 Å². The molecule has 0 aliphatic carbocycles. The van der Waals surface area contributed by atoms with Crippen molar-refractivity contribution in [1.82, 2.24) is 5.32 Å². The maximum Gasteiger partial charge on any atom is 0.0950 e. The lowest BCUT2D eigenvalue weighted by Gasteiger charge is -2.36. The van der Waals surface area contributed by atoms with E-state index in [-0.39, 0.29) is 11.6 Å². The van der Waals surface area contributed by atoms with Crippen LogP contribution in [0.1, 0.15) is 44.4 Å². The maximum absolute atomic E-state index is 5.92. The van der Waals surface area contributed by atoms with Crippen LogP contribution in [0.2, 0.25) is 0 Å². The number of nitrogens with one attached hydrogen (secondary N) is 1. The van der Waals surface area contributed by atoms with E-state index in [1.807, 2.05) is 0 Å². The molecule has 0 aromatic heterocycles. The average molecular weight is 233 g/mol. The molecular weight excluding hydrogens is 210 g/mol. The normalized spacial score (nSPS) is 23.6. The molecule has 1 atom stereocenters. The number of morpholine rings is 1. The van der Waals surface area contributed by atoms with Crippen molar-refractivity contribution in [2.75, 3.05) is 13.2 Å². The van der Waals surface area contributed by atoms with Gasteiger partial charge in [0.05, 0.1) is 12.7 Å². The van der Waals surface area contributed by atoms with Crippen molar-refractivity contribution in [2.24, 2.45) is 0 Å². The van der Waals surface area contributed by atoms with E-state index in [1.165, 1.54) is 17.5 Å². The molecule has 17 heavy (non-hydrogen) atoms. The average Bonchev–Trinajstić information content (AvgIpc) is 2.31. The summed E-state index contributed by atoms with van der Waals surface area (Å²) in [6.07, 6.45) is 2.57. The van der Waals surface area contributed by atoms with Gasteiger partial charge in [0, 0.05) is 12.1 Å². The first-order valence-corrected chi connectivity index (χ1v) is 6.56. The molecule has 1 aromatic carbocycles. The minimum atomic E-state index is 0.110. The van der Waals surface area contributed by atoms with Gasteiger partial charge in [0.2, 0.25) is 0 Å². The van der Waals surface area contributed by atoms with Gasteiger partial charge in [-0.1, -0.05) is 37.6 Å². The summed E-state index contributed by atoms with van der Waals surface area (Å²) < 4.78 is 5.92. The summed E-state index contributed by atoms with van der Waals surface area (Å²) in [6, 6.07) is 8.86. The summed E-state index contributed by atoms with van der Waals surface area (Å²) >= 11 is 0. The number of hydrogen-bond donors (Lipinski definition) is 1. The highest BCUT2D eigenvalue weighted by Gasteiger charge is 2.27. The second-order valence-electron chi connectivity index (χ2n) is 5.56. The van der Waals surface area contributed by atoms with Crippen molar-refractivity contribution in [3.05, 3.63) is 35.4 Å². The molecule has 1 aromatic rings. The van der Waals surface area contributed by atoms with Crippen LogP contribution in [-0.4, -0.2) is 18.7 Å². The van der Waals surface area contributed by atoms with E-state index < -0.39 is 0 Å². The summed E-state index contributed by atoms with van der Waals surface area (Å²) in [7, 11) is 0. The zero-order valence-electron chi connectivity index (χ0n) is 11.1. The number of benzene rings is 1. The van der Waals surface area contributed by atoms with Crippen LogP contribution in [0.4, 0.5) is 0 Å². The molecule has 2 rings (SSSR count). The molecule has 0 amide bonds. The second kappa shape index (κ2) is 5.19. The minimum absolute atomic E-state index is 0.110. The van der Waals surface area contributed by atoms with Crippen LogP contribution < -0.4 is 5.32 Å². The first-order valence-electron chi connectivity index (χ1n) is 6.56. The number of rotatable bonds is 3. The Bertz CT molecular complexity index is 346. The third-order valence-electron chi connectivity index (χ3n) is 3.30. The van der Waals surface area contributed by atoms with Gasteiger partial charge >= 0.3 is 0 Å². The van der Waals surface area contributed by atoms with Gasteiger partial charge < -0.3 is 10.1 Å². The molecule has 1 fully saturated rings. The molecule has 1 saturated heterocycles. The van der Waals surface area contributed by atoms with E-state index in [1.54, 1.807) is 0 Å². The van der Waals surface area contributed by atoms with Crippen molar-refractivity contribution in [3.8, 4) is 0 Å². The Morgan fingerprint density at radius 1 is 1.29 bits per heavy atom. The van der Waals surface area contributed by atoms with Crippen LogP contribution in [0.25, 0.3) is 0 Å². The molecule has 1 N–H and O–H groups in total. The molecule has 0 radical (unpaired) electrons. The van der Waals surface area contributed by atoms with E-state index in [0.29, 0.717) is 0 Å². The smallest absolute Gasteiger partial charge is 0.0950 e. The van der Waals surface area contributed by atoms with E-state index in [2.05, 4.69) is 50.4 Å². The van der Waals surface area contributed by atoms with Crippen LogP contribution in [0.5, 0.6) is 0 Å². The molecule has 2 heteroatoms. The van der Waals surface area contributed by atoms with Crippen LogP contribution in [0.3, 0.4) is 0 Å². The van der Waals surface area contributed by atoms with Gasteiger partial charge in [-0.25, -0.2) is 0 Å². The zero-order valence-corrected chi connectivity index (χ0v) is 11.1. The Morgan fingerprint density at radius 3 is 2.53 bits per heavy atom. The van der Waals surface area contributed by atoms with Gasteiger partial charge in [0.15, 0.2) is 0 Å². The fourth-order valence-electron chi connectivity index (χ4n) is 2.19. The molecule has 0 bridgehead atoms. The standard InChI is InChI=1S/C15H23NO/c1-4-5-12-6-8-13(9-7-12)14-10-16-15(2,3)11-17-14/h6-9,14,16H,4-5,10-11H2,1-3H3. The SMILES string of the molecule is CCCc1ccc(C2CNC(C)(C)CO2)cc1. The highest BCUT2D eigenvalue weighted by molar-refractivity contribution is 5.25. The Hall–Kier alpha value is -0.860. The van der Waals surface area contributed by atoms with Crippen molar-refractivity contribution < 1.29 is 4.74 Å². The van der Waals surface area contributed by atoms with E-state index >= 15 is 0 Å². The van der Waals surface area contributed by atoms with Crippen molar-refractivity contribution in [2.45, 2.75) is 45.3 Å². The van der Waals surface area contributed by atoms with Gasteiger partial charge in [0.1, 0.15) is 0 Å². The van der Waals surface area contributed by atoms with Gasteiger partial charge in [-0.15, -0.1) is 0 Å². The molecular formula is C15H23NO. The highest BCUT2D eigenvalue weighted by atomic mass is 16.5.